The maximum atomic E-state index is 5.46. The number of anilines is 1. The van der Waals surface area contributed by atoms with Crippen LogP contribution >= 0.6 is 0 Å². The number of hydrogen-bond donors (Lipinski definition) is 0. The fourth-order valence-electron chi connectivity index (χ4n) is 1.76. The van der Waals surface area contributed by atoms with E-state index in [0.717, 1.165) is 23.7 Å². The van der Waals surface area contributed by atoms with Gasteiger partial charge in [-0.2, -0.15) is 0 Å². The van der Waals surface area contributed by atoms with Crippen molar-refractivity contribution in [2.24, 2.45) is 0 Å². The quantitative estimate of drug-likeness (QED) is 0.707. The van der Waals surface area contributed by atoms with Crippen LogP contribution in [-0.2, 0) is 6.54 Å². The highest BCUT2D eigenvalue weighted by atomic mass is 16.4. The number of nitrogens with zero attached hydrogens (tertiary/aromatic N) is 2. The van der Waals surface area contributed by atoms with Gasteiger partial charge in [0.1, 0.15) is 5.75 Å². The molecule has 0 atom stereocenters. The van der Waals surface area contributed by atoms with Gasteiger partial charge in [-0.15, -0.1) is 0 Å². The van der Waals surface area contributed by atoms with Crippen molar-refractivity contribution >= 4 is 13.3 Å². The third-order valence-electron chi connectivity index (χ3n) is 2.54. The van der Waals surface area contributed by atoms with Gasteiger partial charge in [0, 0.05) is 6.20 Å². The molecule has 0 saturated heterocycles. The monoisotopic (exact) mass is 209 g/mol. The third-order valence-corrected chi connectivity index (χ3v) is 2.54. The van der Waals surface area contributed by atoms with Crippen molar-refractivity contribution in [1.29, 1.82) is 0 Å². The van der Waals surface area contributed by atoms with Gasteiger partial charge in [0.15, 0.2) is 0 Å². The van der Waals surface area contributed by atoms with Crippen LogP contribution in [0.5, 0.6) is 5.75 Å². The summed E-state index contributed by atoms with van der Waals surface area (Å²) in [6, 6.07) is 13.9. The maximum Gasteiger partial charge on any atom is 0.521 e. The Morgan fingerprint density at radius 3 is 2.88 bits per heavy atom. The topological polar surface area (TPSA) is 25.4 Å². The molecule has 0 aliphatic carbocycles. The van der Waals surface area contributed by atoms with Gasteiger partial charge in [0.05, 0.1) is 17.9 Å². The van der Waals surface area contributed by atoms with Gasteiger partial charge in [-0.3, -0.25) is 4.98 Å². The SMILES string of the molecule is [B]1Oc2ccccc2N1Cc1ccccn1. The van der Waals surface area contributed by atoms with Crippen LogP contribution in [0.3, 0.4) is 0 Å². The highest BCUT2D eigenvalue weighted by molar-refractivity contribution is 6.37. The summed E-state index contributed by atoms with van der Waals surface area (Å²) in [5, 5.41) is 0. The molecule has 2 heterocycles. The van der Waals surface area contributed by atoms with Gasteiger partial charge in [-0.25, -0.2) is 0 Å². The molecule has 0 spiro atoms. The molecule has 4 heteroatoms. The van der Waals surface area contributed by atoms with Gasteiger partial charge in [-0.1, -0.05) is 18.2 Å². The van der Waals surface area contributed by atoms with Crippen molar-refractivity contribution < 1.29 is 4.65 Å². The van der Waals surface area contributed by atoms with Gasteiger partial charge >= 0.3 is 7.62 Å². The molecule has 0 saturated carbocycles. The Kier molecular flexibility index (Phi) is 2.25. The summed E-state index contributed by atoms with van der Waals surface area (Å²) in [7, 11) is 1.74. The van der Waals surface area contributed by atoms with E-state index < -0.39 is 0 Å². The van der Waals surface area contributed by atoms with E-state index >= 15 is 0 Å². The molecule has 16 heavy (non-hydrogen) atoms. The lowest BCUT2D eigenvalue weighted by molar-refractivity contribution is 0.614. The summed E-state index contributed by atoms with van der Waals surface area (Å²) in [5.41, 5.74) is 2.12. The largest absolute Gasteiger partial charge is 0.541 e. The molecule has 1 aliphatic heterocycles. The summed E-state index contributed by atoms with van der Waals surface area (Å²) >= 11 is 0. The molecular weight excluding hydrogens is 199 g/mol. The predicted octanol–water partition coefficient (Wildman–Crippen LogP) is 2.01. The summed E-state index contributed by atoms with van der Waals surface area (Å²) in [6.07, 6.45) is 1.80. The van der Waals surface area contributed by atoms with E-state index in [-0.39, 0.29) is 0 Å². The van der Waals surface area contributed by atoms with E-state index in [9.17, 15) is 0 Å². The van der Waals surface area contributed by atoms with Gasteiger partial charge in [0.25, 0.3) is 0 Å². The molecule has 0 fully saturated rings. The highest BCUT2D eigenvalue weighted by Crippen LogP contribution is 2.32. The van der Waals surface area contributed by atoms with Crippen LogP contribution in [0.1, 0.15) is 5.69 Å². The zero-order valence-corrected chi connectivity index (χ0v) is 8.71. The highest BCUT2D eigenvalue weighted by Gasteiger charge is 2.22. The van der Waals surface area contributed by atoms with Crippen LogP contribution in [0, 0.1) is 0 Å². The average molecular weight is 209 g/mol. The Morgan fingerprint density at radius 2 is 2.00 bits per heavy atom. The number of pyridine rings is 1. The lowest BCUT2D eigenvalue weighted by atomic mass is 10.1. The summed E-state index contributed by atoms with van der Waals surface area (Å²) in [4.78, 5) is 6.35. The number of rotatable bonds is 2. The second kappa shape index (κ2) is 3.89. The Morgan fingerprint density at radius 1 is 1.12 bits per heavy atom. The molecular formula is C12H10BN2O. The zero-order valence-electron chi connectivity index (χ0n) is 8.71. The van der Waals surface area contributed by atoms with E-state index in [1.165, 1.54) is 0 Å². The number of aromatic nitrogens is 1. The molecule has 1 aliphatic rings. The Balaban J connectivity index is 1.84. The van der Waals surface area contributed by atoms with E-state index in [4.69, 9.17) is 4.65 Å². The molecule has 1 aromatic carbocycles. The molecule has 77 valence electrons. The first-order chi connectivity index (χ1) is 7.93. The van der Waals surface area contributed by atoms with Gasteiger partial charge in [0.2, 0.25) is 0 Å². The number of benzene rings is 1. The number of fused-ring (bicyclic) bond motifs is 1. The second-order valence-corrected chi connectivity index (χ2v) is 3.64. The Bertz CT molecular complexity index is 489. The fourth-order valence-corrected chi connectivity index (χ4v) is 1.76. The van der Waals surface area contributed by atoms with Crippen molar-refractivity contribution in [1.82, 2.24) is 4.98 Å². The molecule has 0 N–H and O–H groups in total. The van der Waals surface area contributed by atoms with Crippen molar-refractivity contribution in [3.63, 3.8) is 0 Å². The average Bonchev–Trinajstić information content (AvgIpc) is 2.74. The minimum absolute atomic E-state index is 0.734. The predicted molar refractivity (Wildman–Crippen MR) is 63.2 cm³/mol. The van der Waals surface area contributed by atoms with Crippen molar-refractivity contribution in [2.75, 3.05) is 4.81 Å². The van der Waals surface area contributed by atoms with Crippen LogP contribution in [0.2, 0.25) is 0 Å². The third kappa shape index (κ3) is 1.62. The van der Waals surface area contributed by atoms with E-state index in [1.54, 1.807) is 13.8 Å². The minimum atomic E-state index is 0.734. The number of hydrogen-bond acceptors (Lipinski definition) is 3. The normalized spacial score (nSPS) is 12.9. The fraction of sp³-hybridized carbons (Fsp3) is 0.0833. The summed E-state index contributed by atoms with van der Waals surface area (Å²) < 4.78 is 5.46. The Hall–Kier alpha value is -1.97. The van der Waals surface area contributed by atoms with Crippen LogP contribution in [0.15, 0.2) is 48.7 Å². The molecule has 3 nitrogen and oxygen atoms in total. The molecule has 0 amide bonds. The smallest absolute Gasteiger partial charge is 0.521 e. The second-order valence-electron chi connectivity index (χ2n) is 3.64. The minimum Gasteiger partial charge on any atom is -0.541 e. The maximum absolute atomic E-state index is 5.46. The summed E-state index contributed by atoms with van der Waals surface area (Å²) in [6.45, 7) is 0.734. The van der Waals surface area contributed by atoms with E-state index in [0.29, 0.717) is 0 Å². The van der Waals surface area contributed by atoms with Crippen LogP contribution < -0.4 is 9.47 Å². The lowest BCUT2D eigenvalue weighted by Crippen LogP contribution is -2.25. The van der Waals surface area contributed by atoms with Crippen molar-refractivity contribution in [3.8, 4) is 5.75 Å². The Labute approximate surface area is 95.0 Å². The van der Waals surface area contributed by atoms with Gasteiger partial charge < -0.3 is 9.47 Å². The van der Waals surface area contributed by atoms with E-state index in [1.807, 2.05) is 42.5 Å². The van der Waals surface area contributed by atoms with Crippen molar-refractivity contribution in [2.45, 2.75) is 6.54 Å². The zero-order chi connectivity index (χ0) is 10.8. The summed E-state index contributed by atoms with van der Waals surface area (Å²) in [5.74, 6) is 0.901. The first-order valence-electron chi connectivity index (χ1n) is 5.19. The van der Waals surface area contributed by atoms with Crippen LogP contribution in [0.25, 0.3) is 0 Å². The molecule has 2 aromatic rings. The molecule has 1 radical (unpaired) electrons. The molecule has 3 rings (SSSR count). The van der Waals surface area contributed by atoms with Crippen LogP contribution in [0.4, 0.5) is 5.69 Å². The lowest BCUT2D eigenvalue weighted by Gasteiger charge is -2.14. The van der Waals surface area contributed by atoms with Crippen LogP contribution in [-0.4, -0.2) is 12.6 Å². The molecule has 0 unspecified atom stereocenters. The van der Waals surface area contributed by atoms with Crippen molar-refractivity contribution in [3.05, 3.63) is 54.4 Å². The first kappa shape index (κ1) is 9.27. The standard InChI is InChI=1S/C12H10BN2O/c1-2-7-12-11(6-1)15(13-16-12)9-10-5-3-4-8-14-10/h1-8H,9H2. The van der Waals surface area contributed by atoms with Gasteiger partial charge in [-0.05, 0) is 24.3 Å². The molecule has 1 aromatic heterocycles. The molecule has 0 bridgehead atoms. The first-order valence-corrected chi connectivity index (χ1v) is 5.19. The number of para-hydroxylation sites is 2. The van der Waals surface area contributed by atoms with E-state index in [2.05, 4.69) is 9.79 Å².